The molecule has 1 aromatic rings. The minimum absolute atomic E-state index is 0.105. The number of unbranched alkanes of at least 4 members (excludes halogenated alkanes) is 1. The summed E-state index contributed by atoms with van der Waals surface area (Å²) in [5.41, 5.74) is 0. The third-order valence-corrected chi connectivity index (χ3v) is 3.34. The van der Waals surface area contributed by atoms with Gasteiger partial charge in [0, 0.05) is 17.1 Å². The molecule has 7 heteroatoms. The van der Waals surface area contributed by atoms with Gasteiger partial charge in [-0.1, -0.05) is 0 Å². The van der Waals surface area contributed by atoms with Crippen molar-refractivity contribution < 1.29 is 21.9 Å². The first-order valence-electron chi connectivity index (χ1n) is 4.87. The first kappa shape index (κ1) is 14.7. The molecule has 0 N–H and O–H groups in total. The van der Waals surface area contributed by atoms with Gasteiger partial charge in [0.2, 0.25) is 5.82 Å². The molecule has 98 valence electrons. The fourth-order valence-electron chi connectivity index (χ4n) is 1.17. The van der Waals surface area contributed by atoms with Crippen molar-refractivity contribution in [1.82, 2.24) is 0 Å². The van der Waals surface area contributed by atoms with E-state index >= 15 is 0 Å². The fraction of sp³-hybridized carbons (Fsp3) is 0.273. The molecule has 0 spiro atoms. The Morgan fingerprint density at radius 1 is 1.33 bits per heavy atom. The van der Waals surface area contributed by atoms with Crippen LogP contribution in [0.25, 0.3) is 0 Å². The summed E-state index contributed by atoms with van der Waals surface area (Å²) >= 11 is 0. The summed E-state index contributed by atoms with van der Waals surface area (Å²) in [6, 6.07) is 1.85. The van der Waals surface area contributed by atoms with E-state index in [0.717, 1.165) is 12.1 Å². The predicted molar refractivity (Wildman–Crippen MR) is 63.0 cm³/mol. The molecule has 0 unspecified atom stereocenters. The second kappa shape index (κ2) is 6.03. The van der Waals surface area contributed by atoms with Gasteiger partial charge in [-0.25, -0.2) is 12.8 Å². The molecule has 3 nitrogen and oxygen atoms in total. The van der Waals surface area contributed by atoms with Crippen LogP contribution in [0, 0.1) is 24.0 Å². The second-order valence-electron chi connectivity index (χ2n) is 3.28. The van der Waals surface area contributed by atoms with Crippen molar-refractivity contribution in [2.75, 3.05) is 6.61 Å². The molecule has 0 fully saturated rings. The SMILES string of the molecule is C#CCCCOc1ccc(S(=O)(=O)Cl)c(F)c1F. The highest BCUT2D eigenvalue weighted by Gasteiger charge is 2.22. The van der Waals surface area contributed by atoms with E-state index in [1.165, 1.54) is 0 Å². The van der Waals surface area contributed by atoms with E-state index in [2.05, 4.69) is 5.92 Å². The number of rotatable bonds is 5. The molecule has 0 amide bonds. The fourth-order valence-corrected chi connectivity index (χ4v) is 2.06. The van der Waals surface area contributed by atoms with E-state index < -0.39 is 25.6 Å². The maximum atomic E-state index is 13.4. The highest BCUT2D eigenvalue weighted by Crippen LogP contribution is 2.27. The van der Waals surface area contributed by atoms with Gasteiger partial charge in [-0.2, -0.15) is 4.39 Å². The molecular weight excluding hydrogens is 286 g/mol. The predicted octanol–water partition coefficient (Wildman–Crippen LogP) is 2.68. The van der Waals surface area contributed by atoms with Crippen molar-refractivity contribution in [1.29, 1.82) is 0 Å². The summed E-state index contributed by atoms with van der Waals surface area (Å²) in [6.07, 6.45) is 5.93. The third-order valence-electron chi connectivity index (χ3n) is 2.00. The van der Waals surface area contributed by atoms with E-state index in [9.17, 15) is 17.2 Å². The maximum absolute atomic E-state index is 13.4. The molecule has 0 heterocycles. The van der Waals surface area contributed by atoms with Gasteiger partial charge in [0.1, 0.15) is 4.90 Å². The van der Waals surface area contributed by atoms with E-state index in [0.29, 0.717) is 12.8 Å². The van der Waals surface area contributed by atoms with Gasteiger partial charge >= 0.3 is 0 Å². The van der Waals surface area contributed by atoms with Crippen LogP contribution >= 0.6 is 10.7 Å². The van der Waals surface area contributed by atoms with E-state index in [1.807, 2.05) is 0 Å². The first-order valence-corrected chi connectivity index (χ1v) is 7.17. The van der Waals surface area contributed by atoms with Crippen LogP contribution in [0.5, 0.6) is 5.75 Å². The van der Waals surface area contributed by atoms with Gasteiger partial charge in [-0.15, -0.1) is 12.3 Å². The topological polar surface area (TPSA) is 43.4 Å². The number of terminal acetylenes is 1. The van der Waals surface area contributed by atoms with Crippen LogP contribution in [0.3, 0.4) is 0 Å². The summed E-state index contributed by atoms with van der Waals surface area (Å²) in [7, 11) is 0.610. The molecule has 1 aromatic carbocycles. The monoisotopic (exact) mass is 294 g/mol. The van der Waals surface area contributed by atoms with Gasteiger partial charge in [-0.05, 0) is 18.6 Å². The zero-order valence-electron chi connectivity index (χ0n) is 9.12. The summed E-state index contributed by atoms with van der Waals surface area (Å²) in [5.74, 6) is -0.964. The molecule has 0 aliphatic carbocycles. The first-order chi connectivity index (χ1) is 8.38. The van der Waals surface area contributed by atoms with Gasteiger partial charge < -0.3 is 4.74 Å². The van der Waals surface area contributed by atoms with Gasteiger partial charge in [-0.3, -0.25) is 0 Å². The minimum Gasteiger partial charge on any atom is -0.490 e. The largest absolute Gasteiger partial charge is 0.490 e. The molecule has 0 saturated heterocycles. The van der Waals surface area contributed by atoms with Crippen molar-refractivity contribution in [3.05, 3.63) is 23.8 Å². The molecular formula is C11H9ClF2O3S. The number of halogens is 3. The highest BCUT2D eigenvalue weighted by molar-refractivity contribution is 8.13. The maximum Gasteiger partial charge on any atom is 0.264 e. The number of hydrogen-bond acceptors (Lipinski definition) is 3. The molecule has 18 heavy (non-hydrogen) atoms. The Hall–Kier alpha value is -1.32. The molecule has 0 aliphatic rings. The summed E-state index contributed by atoms with van der Waals surface area (Å²) < 4.78 is 53.6. The molecule has 0 aromatic heterocycles. The number of benzene rings is 1. The zero-order chi connectivity index (χ0) is 13.8. The average Bonchev–Trinajstić information content (AvgIpc) is 2.28. The molecule has 0 bridgehead atoms. The minimum atomic E-state index is -4.33. The highest BCUT2D eigenvalue weighted by atomic mass is 35.7. The van der Waals surface area contributed by atoms with E-state index in [1.54, 1.807) is 0 Å². The van der Waals surface area contributed by atoms with Crippen molar-refractivity contribution in [2.45, 2.75) is 17.7 Å². The van der Waals surface area contributed by atoms with Crippen molar-refractivity contribution >= 4 is 19.7 Å². The Balaban J connectivity index is 2.92. The van der Waals surface area contributed by atoms with Crippen LogP contribution in [0.1, 0.15) is 12.8 Å². The zero-order valence-corrected chi connectivity index (χ0v) is 10.7. The van der Waals surface area contributed by atoms with E-state index in [-0.39, 0.29) is 12.4 Å². The molecule has 0 saturated carbocycles. The average molecular weight is 295 g/mol. The normalized spacial score (nSPS) is 11.0. The standard InChI is InChI=1S/C11H9ClF2O3S/c1-2-3-4-7-17-8-5-6-9(18(12,15)16)11(14)10(8)13/h1,5-6H,3-4,7H2. The van der Waals surface area contributed by atoms with Crippen LogP contribution in [0.2, 0.25) is 0 Å². The Kier molecular flexibility index (Phi) is 4.93. The van der Waals surface area contributed by atoms with Crippen LogP contribution in [-0.2, 0) is 9.05 Å². The number of hydrogen-bond donors (Lipinski definition) is 0. The van der Waals surface area contributed by atoms with Gasteiger partial charge in [0.05, 0.1) is 6.61 Å². The number of ether oxygens (including phenoxy) is 1. The van der Waals surface area contributed by atoms with Gasteiger partial charge in [0.25, 0.3) is 9.05 Å². The Morgan fingerprint density at radius 3 is 2.56 bits per heavy atom. The Bertz CT molecular complexity index is 579. The van der Waals surface area contributed by atoms with Gasteiger partial charge in [0.15, 0.2) is 11.6 Å². The molecule has 0 aliphatic heterocycles. The van der Waals surface area contributed by atoms with Crippen LogP contribution < -0.4 is 4.74 Å². The lowest BCUT2D eigenvalue weighted by Crippen LogP contribution is -2.04. The lowest BCUT2D eigenvalue weighted by Gasteiger charge is -2.08. The van der Waals surface area contributed by atoms with Crippen molar-refractivity contribution in [3.8, 4) is 18.1 Å². The molecule has 1 rings (SSSR count). The molecule has 0 atom stereocenters. The summed E-state index contributed by atoms with van der Waals surface area (Å²) in [4.78, 5) is -0.919. The third kappa shape index (κ3) is 3.59. The smallest absolute Gasteiger partial charge is 0.264 e. The Labute approximate surface area is 108 Å². The van der Waals surface area contributed by atoms with Crippen molar-refractivity contribution in [2.24, 2.45) is 0 Å². The van der Waals surface area contributed by atoms with E-state index in [4.69, 9.17) is 21.8 Å². The lowest BCUT2D eigenvalue weighted by molar-refractivity contribution is 0.290. The Morgan fingerprint density at radius 2 is 2.00 bits per heavy atom. The van der Waals surface area contributed by atoms with Crippen molar-refractivity contribution in [3.63, 3.8) is 0 Å². The summed E-state index contributed by atoms with van der Waals surface area (Å²) in [6.45, 7) is 0.105. The molecule has 0 radical (unpaired) electrons. The van der Waals surface area contributed by atoms with Crippen LogP contribution in [0.4, 0.5) is 8.78 Å². The van der Waals surface area contributed by atoms with Crippen LogP contribution in [0.15, 0.2) is 17.0 Å². The van der Waals surface area contributed by atoms with Crippen LogP contribution in [-0.4, -0.2) is 15.0 Å². The quantitative estimate of drug-likeness (QED) is 0.476. The second-order valence-corrected chi connectivity index (χ2v) is 5.82. The lowest BCUT2D eigenvalue weighted by atomic mass is 10.3. The summed E-state index contributed by atoms with van der Waals surface area (Å²) in [5, 5.41) is 0.